The lowest BCUT2D eigenvalue weighted by Crippen LogP contribution is -2.07. The van der Waals surface area contributed by atoms with E-state index in [0.717, 1.165) is 35.4 Å². The number of hydrogen-bond acceptors (Lipinski definition) is 3. The molecule has 0 unspecified atom stereocenters. The van der Waals surface area contributed by atoms with Crippen LogP contribution in [0.25, 0.3) is 11.3 Å². The summed E-state index contributed by atoms with van der Waals surface area (Å²) in [6.07, 6.45) is 1.97. The molecule has 0 saturated heterocycles. The zero-order valence-corrected chi connectivity index (χ0v) is 10.2. The monoisotopic (exact) mass is 246 g/mol. The Hall–Kier alpha value is -1.61. The SMILES string of the molecule is COc1ccc2c(c1)-c1nnc(Cl)cc1CC2. The molecule has 0 amide bonds. The Morgan fingerprint density at radius 2 is 1.94 bits per heavy atom. The van der Waals surface area contributed by atoms with Crippen molar-refractivity contribution in [2.45, 2.75) is 12.8 Å². The van der Waals surface area contributed by atoms with Crippen LogP contribution in [0.15, 0.2) is 24.3 Å². The molecular formula is C13H11ClN2O. The minimum Gasteiger partial charge on any atom is -0.497 e. The van der Waals surface area contributed by atoms with Gasteiger partial charge in [0.1, 0.15) is 5.75 Å². The number of aryl methyl sites for hydroxylation is 2. The number of nitrogens with zero attached hydrogens (tertiary/aromatic N) is 2. The van der Waals surface area contributed by atoms with E-state index in [0.29, 0.717) is 5.15 Å². The van der Waals surface area contributed by atoms with Crippen LogP contribution in [0.5, 0.6) is 5.75 Å². The van der Waals surface area contributed by atoms with Gasteiger partial charge in [0.2, 0.25) is 0 Å². The van der Waals surface area contributed by atoms with E-state index in [1.165, 1.54) is 5.56 Å². The minimum absolute atomic E-state index is 0.454. The molecule has 86 valence electrons. The maximum Gasteiger partial charge on any atom is 0.152 e. The number of halogens is 1. The van der Waals surface area contributed by atoms with Gasteiger partial charge in [-0.2, -0.15) is 0 Å². The first-order valence-corrected chi connectivity index (χ1v) is 5.85. The van der Waals surface area contributed by atoms with Crippen LogP contribution < -0.4 is 4.74 Å². The van der Waals surface area contributed by atoms with Crippen LogP contribution in [0.2, 0.25) is 5.15 Å². The average molecular weight is 247 g/mol. The van der Waals surface area contributed by atoms with Gasteiger partial charge in [0, 0.05) is 5.56 Å². The summed E-state index contributed by atoms with van der Waals surface area (Å²) in [7, 11) is 1.67. The Labute approximate surface area is 104 Å². The van der Waals surface area contributed by atoms with Crippen LogP contribution in [0.4, 0.5) is 0 Å². The second-order valence-corrected chi connectivity index (χ2v) is 4.45. The second kappa shape index (κ2) is 4.00. The summed E-state index contributed by atoms with van der Waals surface area (Å²) in [6.45, 7) is 0. The minimum atomic E-state index is 0.454. The van der Waals surface area contributed by atoms with Gasteiger partial charge in [-0.15, -0.1) is 10.2 Å². The van der Waals surface area contributed by atoms with Gasteiger partial charge >= 0.3 is 0 Å². The Balaban J connectivity index is 2.20. The molecule has 0 fully saturated rings. The highest BCUT2D eigenvalue weighted by atomic mass is 35.5. The first-order valence-electron chi connectivity index (χ1n) is 5.47. The molecule has 1 aromatic heterocycles. The van der Waals surface area contributed by atoms with Crippen molar-refractivity contribution in [1.82, 2.24) is 10.2 Å². The second-order valence-electron chi connectivity index (χ2n) is 4.06. The Morgan fingerprint density at radius 1 is 1.12 bits per heavy atom. The number of rotatable bonds is 1. The zero-order valence-electron chi connectivity index (χ0n) is 9.40. The molecule has 0 saturated carbocycles. The van der Waals surface area contributed by atoms with Gasteiger partial charge in [-0.1, -0.05) is 17.7 Å². The van der Waals surface area contributed by atoms with E-state index in [9.17, 15) is 0 Å². The van der Waals surface area contributed by atoms with Gasteiger partial charge in [-0.3, -0.25) is 0 Å². The molecular weight excluding hydrogens is 236 g/mol. The third-order valence-electron chi connectivity index (χ3n) is 3.08. The molecule has 1 heterocycles. The number of ether oxygens (including phenoxy) is 1. The fraction of sp³-hybridized carbons (Fsp3) is 0.231. The lowest BCUT2D eigenvalue weighted by molar-refractivity contribution is 0.415. The number of methoxy groups -OCH3 is 1. The van der Waals surface area contributed by atoms with Gasteiger partial charge in [0.25, 0.3) is 0 Å². The van der Waals surface area contributed by atoms with Crippen molar-refractivity contribution in [3.8, 4) is 17.0 Å². The van der Waals surface area contributed by atoms with Crippen molar-refractivity contribution in [2.24, 2.45) is 0 Å². The lowest BCUT2D eigenvalue weighted by atomic mass is 9.89. The molecule has 0 N–H and O–H groups in total. The molecule has 0 atom stereocenters. The molecule has 1 aliphatic rings. The van der Waals surface area contributed by atoms with Crippen molar-refractivity contribution in [3.63, 3.8) is 0 Å². The third-order valence-corrected chi connectivity index (χ3v) is 3.26. The van der Waals surface area contributed by atoms with Crippen molar-refractivity contribution in [3.05, 3.63) is 40.5 Å². The summed E-state index contributed by atoms with van der Waals surface area (Å²) in [5, 5.41) is 8.57. The number of fused-ring (bicyclic) bond motifs is 3. The van der Waals surface area contributed by atoms with E-state index in [-0.39, 0.29) is 0 Å². The molecule has 17 heavy (non-hydrogen) atoms. The standard InChI is InChI=1S/C13H11ClN2O/c1-17-10-5-4-8-2-3-9-6-12(14)15-16-13(9)11(8)7-10/h4-7H,2-3H2,1H3. The van der Waals surface area contributed by atoms with Gasteiger partial charge < -0.3 is 4.74 Å². The lowest BCUT2D eigenvalue weighted by Gasteiger charge is -2.18. The maximum atomic E-state index is 5.86. The first-order chi connectivity index (χ1) is 8.28. The Bertz CT molecular complexity index is 584. The molecule has 0 spiro atoms. The number of benzene rings is 1. The summed E-state index contributed by atoms with van der Waals surface area (Å²) in [6, 6.07) is 7.97. The summed E-state index contributed by atoms with van der Waals surface area (Å²) in [5.41, 5.74) is 4.48. The number of aromatic nitrogens is 2. The van der Waals surface area contributed by atoms with Crippen molar-refractivity contribution < 1.29 is 4.74 Å². The highest BCUT2D eigenvalue weighted by Gasteiger charge is 2.18. The van der Waals surface area contributed by atoms with E-state index in [1.807, 2.05) is 18.2 Å². The van der Waals surface area contributed by atoms with Crippen LogP contribution in [0.3, 0.4) is 0 Å². The summed E-state index contributed by atoms with van der Waals surface area (Å²) in [4.78, 5) is 0. The first kappa shape index (κ1) is 10.5. The van der Waals surface area contributed by atoms with E-state index in [4.69, 9.17) is 16.3 Å². The molecule has 0 bridgehead atoms. The highest BCUT2D eigenvalue weighted by Crippen LogP contribution is 2.34. The largest absolute Gasteiger partial charge is 0.497 e. The maximum absolute atomic E-state index is 5.86. The highest BCUT2D eigenvalue weighted by molar-refractivity contribution is 6.29. The predicted molar refractivity (Wildman–Crippen MR) is 66.4 cm³/mol. The molecule has 3 nitrogen and oxygen atoms in total. The molecule has 1 aromatic carbocycles. The van der Waals surface area contributed by atoms with Crippen LogP contribution in [-0.2, 0) is 12.8 Å². The number of hydrogen-bond donors (Lipinski definition) is 0. The van der Waals surface area contributed by atoms with Crippen molar-refractivity contribution >= 4 is 11.6 Å². The fourth-order valence-electron chi connectivity index (χ4n) is 2.21. The normalized spacial score (nSPS) is 12.8. The van der Waals surface area contributed by atoms with Crippen LogP contribution in [0.1, 0.15) is 11.1 Å². The van der Waals surface area contributed by atoms with E-state index >= 15 is 0 Å². The predicted octanol–water partition coefficient (Wildman–Crippen LogP) is 2.90. The summed E-state index contributed by atoms with van der Waals surface area (Å²) >= 11 is 5.86. The van der Waals surface area contributed by atoms with Gasteiger partial charge in [0.15, 0.2) is 5.15 Å². The molecule has 0 aliphatic heterocycles. The Kier molecular flexibility index (Phi) is 2.48. The average Bonchev–Trinajstić information content (AvgIpc) is 2.37. The van der Waals surface area contributed by atoms with Gasteiger partial charge in [-0.05, 0) is 42.2 Å². The van der Waals surface area contributed by atoms with Crippen LogP contribution >= 0.6 is 11.6 Å². The molecule has 2 aromatic rings. The molecule has 0 radical (unpaired) electrons. The van der Waals surface area contributed by atoms with Crippen molar-refractivity contribution in [1.29, 1.82) is 0 Å². The summed E-state index contributed by atoms with van der Waals surface area (Å²) in [5.74, 6) is 0.841. The quantitative estimate of drug-likeness (QED) is 0.776. The van der Waals surface area contributed by atoms with Gasteiger partial charge in [-0.25, -0.2) is 0 Å². The third kappa shape index (κ3) is 1.76. The van der Waals surface area contributed by atoms with Crippen LogP contribution in [-0.4, -0.2) is 17.3 Å². The molecule has 4 heteroatoms. The molecule has 3 rings (SSSR count). The van der Waals surface area contributed by atoms with Gasteiger partial charge in [0.05, 0.1) is 12.8 Å². The van der Waals surface area contributed by atoms with Crippen LogP contribution in [0, 0.1) is 0 Å². The molecule has 1 aliphatic carbocycles. The van der Waals surface area contributed by atoms with Crippen molar-refractivity contribution in [2.75, 3.05) is 7.11 Å². The topological polar surface area (TPSA) is 35.0 Å². The zero-order chi connectivity index (χ0) is 11.8. The van der Waals surface area contributed by atoms with E-state index < -0.39 is 0 Å². The summed E-state index contributed by atoms with van der Waals surface area (Å²) < 4.78 is 5.24. The Morgan fingerprint density at radius 3 is 2.76 bits per heavy atom. The smallest absolute Gasteiger partial charge is 0.152 e. The van der Waals surface area contributed by atoms with E-state index in [1.54, 1.807) is 7.11 Å². The van der Waals surface area contributed by atoms with E-state index in [2.05, 4.69) is 16.3 Å². The fourth-order valence-corrected chi connectivity index (χ4v) is 2.38.